The van der Waals surface area contributed by atoms with Gasteiger partial charge in [0.05, 0.1) is 17.8 Å². The number of unbranched alkanes of at least 4 members (excludes halogenated alkanes) is 12. The van der Waals surface area contributed by atoms with E-state index in [1.54, 1.807) is 48.5 Å². The molecule has 0 aromatic carbocycles. The Morgan fingerprint density at radius 1 is 0.471 bits per heavy atom. The third-order valence-corrected chi connectivity index (χ3v) is 12.0. The second-order valence-electron chi connectivity index (χ2n) is 20.3. The van der Waals surface area contributed by atoms with E-state index in [9.17, 15) is 34.0 Å². The molecule has 16 heteroatoms. The number of nitrogens with zero attached hydrogens (tertiary/aromatic N) is 2. The molecule has 0 heterocycles. The highest BCUT2D eigenvalue weighted by Crippen LogP contribution is 2.18. The van der Waals surface area contributed by atoms with Crippen LogP contribution < -0.4 is 0 Å². The van der Waals surface area contributed by atoms with Gasteiger partial charge in [-0.3, -0.25) is 29.2 Å². The van der Waals surface area contributed by atoms with Crippen LogP contribution >= 0.6 is 0 Å². The monoisotopic (exact) mass is 1000 g/mol. The summed E-state index contributed by atoms with van der Waals surface area (Å²) >= 11 is 0. The van der Waals surface area contributed by atoms with Crippen LogP contribution in [0.4, 0.5) is 4.79 Å². The van der Waals surface area contributed by atoms with E-state index in [4.69, 9.17) is 33.3 Å². The fraction of sp³-hybridized carbons (Fsp3) is 0.889. The molecule has 5 atom stereocenters. The zero-order valence-electron chi connectivity index (χ0n) is 45.8. The predicted octanol–water partition coefficient (Wildman–Crippen LogP) is 12.1. The lowest BCUT2D eigenvalue weighted by molar-refractivity contribution is -0.191. The number of esters is 5. The van der Waals surface area contributed by atoms with Crippen molar-refractivity contribution >= 4 is 35.9 Å². The minimum Gasteiger partial charge on any atom is -0.762 e. The normalized spacial score (nSPS) is 14.2. The average molecular weight is 1000 g/mol. The highest BCUT2D eigenvalue weighted by atomic mass is 16.9. The predicted molar refractivity (Wildman–Crippen MR) is 272 cm³/mol. The highest BCUT2D eigenvalue weighted by Gasteiger charge is 2.27. The minimum absolute atomic E-state index is 0.0798. The zero-order chi connectivity index (χ0) is 52.7. The molecule has 0 rings (SSSR count). The second kappa shape index (κ2) is 41.0. The Bertz CT molecular complexity index is 1370. The molecule has 0 aromatic heterocycles. The van der Waals surface area contributed by atoms with Crippen molar-refractivity contribution in [3.8, 4) is 0 Å². The molecule has 0 spiro atoms. The number of amides is 1. The molecule has 0 fully saturated rings. The van der Waals surface area contributed by atoms with Crippen molar-refractivity contribution in [1.82, 2.24) is 10.1 Å². The van der Waals surface area contributed by atoms with E-state index in [0.29, 0.717) is 30.9 Å². The maximum atomic E-state index is 13.4. The molecule has 410 valence electrons. The van der Waals surface area contributed by atoms with Gasteiger partial charge in [0.15, 0.2) is 12.2 Å². The topological polar surface area (TPSA) is 197 Å². The van der Waals surface area contributed by atoms with Crippen LogP contribution in [-0.4, -0.2) is 109 Å². The third kappa shape index (κ3) is 35.6. The summed E-state index contributed by atoms with van der Waals surface area (Å²) in [5.74, 6) is -3.55. The zero-order valence-corrected chi connectivity index (χ0v) is 45.8. The van der Waals surface area contributed by atoms with Crippen molar-refractivity contribution in [2.45, 2.75) is 254 Å². The van der Waals surface area contributed by atoms with E-state index in [1.807, 2.05) is 0 Å². The Labute approximate surface area is 423 Å². The highest BCUT2D eigenvalue weighted by molar-refractivity contribution is 5.74. The molecule has 0 aliphatic rings. The van der Waals surface area contributed by atoms with Gasteiger partial charge in [0.25, 0.3) is 0 Å². The maximum absolute atomic E-state index is 13.4. The number of rotatable bonds is 43. The van der Waals surface area contributed by atoms with Crippen molar-refractivity contribution < 1.29 is 62.0 Å². The van der Waals surface area contributed by atoms with Crippen molar-refractivity contribution in [1.29, 1.82) is 0 Å². The Morgan fingerprint density at radius 3 is 1.16 bits per heavy atom. The SMILES string of the molecule is CCCCCCC(C)C(=O)OCC(COC(=O)C(C)CCCCCC)OC(=O)CCCN(CCCC(=O)OC(COC(=O)C(C)CCCCCC)CON([O-])C(C)CCCCCC)C(=O)OC(C)(C)C. The van der Waals surface area contributed by atoms with Crippen LogP contribution in [0.3, 0.4) is 0 Å². The van der Waals surface area contributed by atoms with E-state index >= 15 is 0 Å². The first-order valence-corrected chi connectivity index (χ1v) is 27.2. The summed E-state index contributed by atoms with van der Waals surface area (Å²) in [4.78, 5) is 85.3. The molecular formula is C54H99N2O14-. The maximum Gasteiger partial charge on any atom is 0.410 e. The van der Waals surface area contributed by atoms with Gasteiger partial charge >= 0.3 is 35.9 Å². The van der Waals surface area contributed by atoms with Crippen LogP contribution in [0, 0.1) is 23.0 Å². The Morgan fingerprint density at radius 2 is 0.814 bits per heavy atom. The summed E-state index contributed by atoms with van der Waals surface area (Å²) in [6, 6.07) is -0.423. The molecule has 0 aliphatic heterocycles. The largest absolute Gasteiger partial charge is 0.762 e. The Kier molecular flexibility index (Phi) is 39.0. The van der Waals surface area contributed by atoms with Crippen LogP contribution in [-0.2, 0) is 57.2 Å². The van der Waals surface area contributed by atoms with E-state index < -0.39 is 59.8 Å². The van der Waals surface area contributed by atoms with Crippen LogP contribution in [0.15, 0.2) is 0 Å². The molecule has 0 bridgehead atoms. The second-order valence-corrected chi connectivity index (χ2v) is 20.3. The summed E-state index contributed by atoms with van der Waals surface area (Å²) in [6.07, 6.45) is 16.4. The number of hydrogen-bond acceptors (Lipinski definition) is 15. The minimum atomic E-state index is -1.05. The van der Waals surface area contributed by atoms with Crippen LogP contribution in [0.1, 0.15) is 230 Å². The molecular weight excluding hydrogens is 901 g/mol. The lowest BCUT2D eigenvalue weighted by Gasteiger charge is -2.34. The fourth-order valence-electron chi connectivity index (χ4n) is 7.36. The average Bonchev–Trinajstić information content (AvgIpc) is 3.31. The van der Waals surface area contributed by atoms with Gasteiger partial charge < -0.3 is 43.4 Å². The molecule has 70 heavy (non-hydrogen) atoms. The number of carbonyl (C=O) groups is 6. The van der Waals surface area contributed by atoms with Crippen LogP contribution in [0.5, 0.6) is 0 Å². The van der Waals surface area contributed by atoms with Crippen LogP contribution in [0.25, 0.3) is 0 Å². The van der Waals surface area contributed by atoms with Gasteiger partial charge in [-0.1, -0.05) is 151 Å². The van der Waals surface area contributed by atoms with E-state index in [2.05, 4.69) is 27.7 Å². The van der Waals surface area contributed by atoms with E-state index in [0.717, 1.165) is 103 Å². The quantitative estimate of drug-likeness (QED) is 0.0242. The number of hydroxylamine groups is 2. The molecule has 16 nitrogen and oxygen atoms in total. The van der Waals surface area contributed by atoms with Crippen LogP contribution in [0.2, 0.25) is 0 Å². The summed E-state index contributed by atoms with van der Waals surface area (Å²) in [7, 11) is 0. The van der Waals surface area contributed by atoms with Crippen molar-refractivity contribution in [3.63, 3.8) is 0 Å². The van der Waals surface area contributed by atoms with Gasteiger partial charge in [-0.2, -0.15) is 0 Å². The summed E-state index contributed by atoms with van der Waals surface area (Å²) in [6.45, 7) is 19.9. The molecule has 0 saturated heterocycles. The molecule has 0 aromatic rings. The van der Waals surface area contributed by atoms with Crippen molar-refractivity contribution in [2.24, 2.45) is 17.8 Å². The van der Waals surface area contributed by atoms with Gasteiger partial charge in [0, 0.05) is 32.0 Å². The van der Waals surface area contributed by atoms with Gasteiger partial charge in [-0.05, 0) is 66.2 Å². The molecule has 1 amide bonds. The van der Waals surface area contributed by atoms with E-state index in [1.165, 1.54) is 4.90 Å². The molecule has 0 radical (unpaired) electrons. The molecule has 5 unspecified atom stereocenters. The lowest BCUT2D eigenvalue weighted by Crippen LogP contribution is -2.39. The lowest BCUT2D eigenvalue weighted by atomic mass is 10.0. The molecule has 0 aliphatic carbocycles. The first-order chi connectivity index (χ1) is 33.3. The van der Waals surface area contributed by atoms with Crippen molar-refractivity contribution in [3.05, 3.63) is 5.21 Å². The number of carbonyl (C=O) groups excluding carboxylic acids is 6. The number of ether oxygens (including phenoxy) is 6. The Hall–Kier alpha value is -3.50. The fourth-order valence-corrected chi connectivity index (χ4v) is 7.36. The number of hydrogen-bond donors (Lipinski definition) is 0. The molecule has 0 N–H and O–H groups in total. The first-order valence-electron chi connectivity index (χ1n) is 27.2. The first kappa shape index (κ1) is 66.5. The Balaban J connectivity index is 5.71. The van der Waals surface area contributed by atoms with Gasteiger partial charge in [-0.25, -0.2) is 4.79 Å². The van der Waals surface area contributed by atoms with Crippen molar-refractivity contribution in [2.75, 3.05) is 39.5 Å². The summed E-state index contributed by atoms with van der Waals surface area (Å²) in [5, 5.41) is 13.3. The van der Waals surface area contributed by atoms with E-state index in [-0.39, 0.29) is 83.0 Å². The molecule has 0 saturated carbocycles. The summed E-state index contributed by atoms with van der Waals surface area (Å²) in [5.41, 5.74) is -0.824. The smallest absolute Gasteiger partial charge is 0.410 e. The summed E-state index contributed by atoms with van der Waals surface area (Å²) < 4.78 is 33.7. The van der Waals surface area contributed by atoms with Gasteiger partial charge in [-0.15, -0.1) is 0 Å². The van der Waals surface area contributed by atoms with Gasteiger partial charge in [0.1, 0.15) is 32.0 Å². The standard InChI is InChI=1S/C54H99N2O14/c1-12-16-20-24-30-42(5)50(59)64-38-46(39-65-51(60)43(6)31-25-21-17-13-2)68-48(57)34-28-36-55(53(62)70-54(9,10)11)37-29-35-49(58)69-47(40-66-52(61)44(7)32-26-22-18-14-3)41-67-56(63)45(8)33-27-23-19-15-4/h42-47H,12-41H2,1-11H3/q-1. The van der Waals surface area contributed by atoms with Gasteiger partial charge in [0.2, 0.25) is 0 Å². The third-order valence-electron chi connectivity index (χ3n) is 12.0.